The molecule has 0 spiro atoms. The van der Waals surface area contributed by atoms with E-state index in [-0.39, 0.29) is 4.83 Å². The van der Waals surface area contributed by atoms with Gasteiger partial charge >= 0.3 is 0 Å². The van der Waals surface area contributed by atoms with Gasteiger partial charge < -0.3 is 0 Å². The van der Waals surface area contributed by atoms with Gasteiger partial charge in [0.15, 0.2) is 0 Å². The fraction of sp³-hybridized carbons (Fsp3) is 0.0667. The molecular weight excluding hydrogens is 363 g/mol. The molecule has 1 heterocycles. The van der Waals surface area contributed by atoms with Crippen molar-refractivity contribution in [1.82, 2.24) is 0 Å². The van der Waals surface area contributed by atoms with Gasteiger partial charge in [0.1, 0.15) is 0 Å². The van der Waals surface area contributed by atoms with Crippen molar-refractivity contribution in [3.8, 4) is 0 Å². The van der Waals surface area contributed by atoms with Crippen molar-refractivity contribution in [1.29, 1.82) is 0 Å². The Morgan fingerprint density at radius 2 is 1.63 bits per heavy atom. The van der Waals surface area contributed by atoms with E-state index in [1.54, 1.807) is 11.3 Å². The Morgan fingerprint density at radius 3 is 2.37 bits per heavy atom. The van der Waals surface area contributed by atoms with Crippen LogP contribution in [0.2, 0.25) is 10.0 Å². The lowest BCUT2D eigenvalue weighted by Gasteiger charge is -2.13. The number of hydrogen-bond donors (Lipinski definition) is 0. The zero-order valence-electron chi connectivity index (χ0n) is 9.74. The largest absolute Gasteiger partial charge is 0.143 e. The molecule has 0 aliphatic carbocycles. The minimum absolute atomic E-state index is 0.00449. The minimum Gasteiger partial charge on any atom is -0.143 e. The molecule has 19 heavy (non-hydrogen) atoms. The lowest BCUT2D eigenvalue weighted by molar-refractivity contribution is 1.21. The van der Waals surface area contributed by atoms with Gasteiger partial charge in [0.05, 0.1) is 4.83 Å². The van der Waals surface area contributed by atoms with Crippen molar-refractivity contribution in [2.45, 2.75) is 4.83 Å². The first kappa shape index (κ1) is 13.4. The van der Waals surface area contributed by atoms with Crippen molar-refractivity contribution in [3.63, 3.8) is 0 Å². The molecule has 0 saturated heterocycles. The first-order chi connectivity index (χ1) is 9.18. The maximum atomic E-state index is 6.28. The quantitative estimate of drug-likeness (QED) is 0.440. The number of thiophene rings is 1. The van der Waals surface area contributed by atoms with E-state index in [4.69, 9.17) is 23.2 Å². The Kier molecular flexibility index (Phi) is 3.86. The van der Waals surface area contributed by atoms with Crippen LogP contribution in [0.25, 0.3) is 10.1 Å². The highest BCUT2D eigenvalue weighted by molar-refractivity contribution is 9.09. The molecule has 1 aromatic heterocycles. The molecule has 0 aliphatic heterocycles. The van der Waals surface area contributed by atoms with Crippen LogP contribution in [0, 0.1) is 0 Å². The van der Waals surface area contributed by atoms with E-state index in [2.05, 4.69) is 33.4 Å². The second-order valence-electron chi connectivity index (χ2n) is 4.19. The molecule has 4 heteroatoms. The molecule has 0 nitrogen and oxygen atoms in total. The van der Waals surface area contributed by atoms with Crippen LogP contribution in [-0.2, 0) is 0 Å². The van der Waals surface area contributed by atoms with E-state index in [0.717, 1.165) is 5.56 Å². The highest BCUT2D eigenvalue weighted by Gasteiger charge is 2.19. The van der Waals surface area contributed by atoms with E-state index >= 15 is 0 Å². The summed E-state index contributed by atoms with van der Waals surface area (Å²) in [7, 11) is 0. The normalized spacial score (nSPS) is 12.8. The van der Waals surface area contributed by atoms with Gasteiger partial charge in [-0.15, -0.1) is 11.3 Å². The summed E-state index contributed by atoms with van der Waals surface area (Å²) in [4.78, 5) is 0.00449. The lowest BCUT2D eigenvalue weighted by atomic mass is 10.0. The zero-order chi connectivity index (χ0) is 13.4. The van der Waals surface area contributed by atoms with Crippen LogP contribution in [0.1, 0.15) is 16.0 Å². The number of halogens is 3. The van der Waals surface area contributed by atoms with Crippen LogP contribution >= 0.6 is 50.5 Å². The Labute approximate surface area is 134 Å². The molecule has 3 rings (SSSR count). The third kappa shape index (κ3) is 2.43. The molecule has 3 aromatic rings. The third-order valence-corrected chi connectivity index (χ3v) is 5.63. The monoisotopic (exact) mass is 370 g/mol. The van der Waals surface area contributed by atoms with Gasteiger partial charge in [0.25, 0.3) is 0 Å². The lowest BCUT2D eigenvalue weighted by Crippen LogP contribution is -1.94. The number of hydrogen-bond acceptors (Lipinski definition) is 1. The highest BCUT2D eigenvalue weighted by atomic mass is 79.9. The molecule has 0 aliphatic rings. The summed E-state index contributed by atoms with van der Waals surface area (Å²) in [6.45, 7) is 0. The van der Waals surface area contributed by atoms with E-state index in [1.165, 1.54) is 15.6 Å². The number of alkyl halides is 1. The average molecular weight is 372 g/mol. The van der Waals surface area contributed by atoms with Gasteiger partial charge in [0, 0.05) is 20.3 Å². The van der Waals surface area contributed by atoms with Gasteiger partial charge in [-0.05, 0) is 34.5 Å². The van der Waals surface area contributed by atoms with Gasteiger partial charge in [-0.25, -0.2) is 0 Å². The van der Waals surface area contributed by atoms with E-state index in [1.807, 2.05) is 30.3 Å². The predicted octanol–water partition coefficient (Wildman–Crippen LogP) is 6.69. The summed E-state index contributed by atoms with van der Waals surface area (Å²) in [5, 5.41) is 4.77. The minimum atomic E-state index is 0.00449. The van der Waals surface area contributed by atoms with E-state index in [0.29, 0.717) is 10.0 Å². The molecule has 0 fully saturated rings. The molecule has 0 bridgehead atoms. The van der Waals surface area contributed by atoms with Crippen LogP contribution in [0.4, 0.5) is 0 Å². The highest BCUT2D eigenvalue weighted by Crippen LogP contribution is 2.43. The number of rotatable bonds is 2. The topological polar surface area (TPSA) is 0 Å². The van der Waals surface area contributed by atoms with Crippen LogP contribution in [0.3, 0.4) is 0 Å². The predicted molar refractivity (Wildman–Crippen MR) is 89.1 cm³/mol. The Morgan fingerprint density at radius 1 is 0.947 bits per heavy atom. The Hall–Kier alpha value is -0.540. The van der Waals surface area contributed by atoms with Crippen molar-refractivity contribution in [3.05, 3.63) is 69.0 Å². The molecule has 0 radical (unpaired) electrons. The molecular formula is C15H9BrCl2S. The summed E-state index contributed by atoms with van der Waals surface area (Å²) in [5.41, 5.74) is 2.13. The van der Waals surface area contributed by atoms with Gasteiger partial charge in [0.2, 0.25) is 0 Å². The zero-order valence-corrected chi connectivity index (χ0v) is 13.7. The van der Waals surface area contributed by atoms with Crippen LogP contribution in [0.5, 0.6) is 0 Å². The van der Waals surface area contributed by atoms with Crippen LogP contribution in [-0.4, -0.2) is 0 Å². The van der Waals surface area contributed by atoms with Gasteiger partial charge in [-0.1, -0.05) is 63.4 Å². The maximum absolute atomic E-state index is 6.28. The maximum Gasteiger partial charge on any atom is 0.0688 e. The summed E-state index contributed by atoms with van der Waals surface area (Å²) in [6.07, 6.45) is 0. The average Bonchev–Trinajstić information content (AvgIpc) is 2.82. The smallest absolute Gasteiger partial charge is 0.0688 e. The summed E-state index contributed by atoms with van der Waals surface area (Å²) in [5.74, 6) is 0. The van der Waals surface area contributed by atoms with E-state index in [9.17, 15) is 0 Å². The SMILES string of the molecule is Clc1cccc(Cl)c1C(Br)c1csc2ccccc12. The molecule has 0 N–H and O–H groups in total. The first-order valence-electron chi connectivity index (χ1n) is 5.72. The standard InChI is InChI=1S/C15H9BrCl2S/c16-15(14-11(17)5-3-6-12(14)18)10-8-19-13-7-2-1-4-9(10)13/h1-8,15H. The van der Waals surface area contributed by atoms with Crippen molar-refractivity contribution in [2.24, 2.45) is 0 Å². The molecule has 0 amide bonds. The summed E-state index contributed by atoms with van der Waals surface area (Å²) < 4.78 is 1.27. The Balaban J connectivity index is 2.16. The second kappa shape index (κ2) is 5.45. The van der Waals surface area contributed by atoms with Crippen molar-refractivity contribution < 1.29 is 0 Å². The Bertz CT molecular complexity index is 716. The molecule has 1 atom stereocenters. The first-order valence-corrected chi connectivity index (χ1v) is 8.27. The number of fused-ring (bicyclic) bond motifs is 1. The fourth-order valence-corrected chi connectivity index (χ4v) is 5.02. The summed E-state index contributed by atoms with van der Waals surface area (Å²) in [6, 6.07) is 13.9. The van der Waals surface area contributed by atoms with Crippen molar-refractivity contribution in [2.75, 3.05) is 0 Å². The van der Waals surface area contributed by atoms with Crippen LogP contribution in [0.15, 0.2) is 47.8 Å². The summed E-state index contributed by atoms with van der Waals surface area (Å²) >= 11 is 18.0. The second-order valence-corrected chi connectivity index (χ2v) is 6.83. The van der Waals surface area contributed by atoms with Crippen LogP contribution < -0.4 is 0 Å². The third-order valence-electron chi connectivity index (χ3n) is 3.04. The number of benzene rings is 2. The fourth-order valence-electron chi connectivity index (χ4n) is 2.10. The van der Waals surface area contributed by atoms with Gasteiger partial charge in [-0.3, -0.25) is 0 Å². The molecule has 96 valence electrons. The van der Waals surface area contributed by atoms with Gasteiger partial charge in [-0.2, -0.15) is 0 Å². The van der Waals surface area contributed by atoms with E-state index < -0.39 is 0 Å². The van der Waals surface area contributed by atoms with Crippen molar-refractivity contribution >= 4 is 60.6 Å². The molecule has 1 unspecified atom stereocenters. The molecule has 0 saturated carbocycles. The molecule has 2 aromatic carbocycles.